The van der Waals surface area contributed by atoms with E-state index in [1.807, 2.05) is 4.90 Å². The Balaban J connectivity index is 1.65. The highest BCUT2D eigenvalue weighted by atomic mass is 16.2. The van der Waals surface area contributed by atoms with Crippen molar-refractivity contribution < 1.29 is 9.59 Å². The lowest BCUT2D eigenvalue weighted by Crippen LogP contribution is -2.43. The number of nitrogens with one attached hydrogen (secondary N) is 1. The highest BCUT2D eigenvalue weighted by Crippen LogP contribution is 2.29. The quantitative estimate of drug-likeness (QED) is 0.819. The molecule has 0 aromatic heterocycles. The van der Waals surface area contributed by atoms with Gasteiger partial charge in [0.05, 0.1) is 0 Å². The molecular weight excluding hydrogens is 264 g/mol. The Morgan fingerprint density at radius 1 is 1.10 bits per heavy atom. The first-order valence-electron chi connectivity index (χ1n) is 8.76. The van der Waals surface area contributed by atoms with E-state index in [2.05, 4.69) is 12.2 Å². The first-order chi connectivity index (χ1) is 10.2. The van der Waals surface area contributed by atoms with Gasteiger partial charge in [-0.05, 0) is 31.6 Å². The summed E-state index contributed by atoms with van der Waals surface area (Å²) in [6, 6.07) is 0. The molecule has 2 fully saturated rings. The van der Waals surface area contributed by atoms with Crippen molar-refractivity contribution >= 4 is 11.8 Å². The SMILES string of the molecule is CCCNC(=O)C1CCN(C(=O)CCC2CCCC2)CC1. The molecule has 1 aliphatic carbocycles. The minimum Gasteiger partial charge on any atom is -0.356 e. The van der Waals surface area contributed by atoms with E-state index in [1.165, 1.54) is 25.7 Å². The lowest BCUT2D eigenvalue weighted by atomic mass is 9.95. The second-order valence-electron chi connectivity index (χ2n) is 6.64. The van der Waals surface area contributed by atoms with E-state index in [-0.39, 0.29) is 11.8 Å². The van der Waals surface area contributed by atoms with Gasteiger partial charge in [-0.2, -0.15) is 0 Å². The topological polar surface area (TPSA) is 49.4 Å². The lowest BCUT2D eigenvalue weighted by molar-refractivity contribution is -0.135. The number of carbonyl (C=O) groups excluding carboxylic acids is 2. The fourth-order valence-electron chi connectivity index (χ4n) is 3.57. The Bertz CT molecular complexity index is 343. The second-order valence-corrected chi connectivity index (χ2v) is 6.64. The molecule has 1 N–H and O–H groups in total. The second kappa shape index (κ2) is 8.40. The number of hydrogen-bond acceptors (Lipinski definition) is 2. The van der Waals surface area contributed by atoms with E-state index in [4.69, 9.17) is 0 Å². The van der Waals surface area contributed by atoms with Crippen LogP contribution in [0, 0.1) is 11.8 Å². The van der Waals surface area contributed by atoms with Crippen molar-refractivity contribution in [2.45, 2.75) is 64.7 Å². The molecule has 2 rings (SSSR count). The molecule has 0 aromatic rings. The van der Waals surface area contributed by atoms with Crippen LogP contribution in [0.5, 0.6) is 0 Å². The maximum absolute atomic E-state index is 12.2. The normalized spacial score (nSPS) is 20.7. The van der Waals surface area contributed by atoms with E-state index in [1.54, 1.807) is 0 Å². The molecule has 1 saturated carbocycles. The summed E-state index contributed by atoms with van der Waals surface area (Å²) in [5.74, 6) is 1.37. The zero-order valence-corrected chi connectivity index (χ0v) is 13.4. The Morgan fingerprint density at radius 2 is 1.76 bits per heavy atom. The Kier molecular flexibility index (Phi) is 6.52. The van der Waals surface area contributed by atoms with Crippen molar-refractivity contribution in [1.29, 1.82) is 0 Å². The van der Waals surface area contributed by atoms with Crippen LogP contribution in [0.25, 0.3) is 0 Å². The molecular formula is C17H30N2O2. The molecule has 2 aliphatic rings. The molecule has 1 aliphatic heterocycles. The van der Waals surface area contributed by atoms with Crippen LogP contribution in [0.2, 0.25) is 0 Å². The van der Waals surface area contributed by atoms with Crippen molar-refractivity contribution in [2.75, 3.05) is 19.6 Å². The number of likely N-dealkylation sites (tertiary alicyclic amines) is 1. The van der Waals surface area contributed by atoms with Crippen LogP contribution in [-0.4, -0.2) is 36.3 Å². The summed E-state index contributed by atoms with van der Waals surface area (Å²) < 4.78 is 0. The molecule has 21 heavy (non-hydrogen) atoms. The highest BCUT2D eigenvalue weighted by molar-refractivity contribution is 5.80. The van der Waals surface area contributed by atoms with Gasteiger partial charge in [-0.3, -0.25) is 9.59 Å². The smallest absolute Gasteiger partial charge is 0.223 e. The van der Waals surface area contributed by atoms with E-state index in [0.717, 1.165) is 51.2 Å². The van der Waals surface area contributed by atoms with E-state index >= 15 is 0 Å². The third-order valence-corrected chi connectivity index (χ3v) is 5.01. The number of hydrogen-bond donors (Lipinski definition) is 1. The molecule has 0 bridgehead atoms. The molecule has 2 amide bonds. The number of piperidine rings is 1. The zero-order valence-electron chi connectivity index (χ0n) is 13.4. The average molecular weight is 294 g/mol. The molecule has 0 atom stereocenters. The molecule has 0 radical (unpaired) electrons. The zero-order chi connectivity index (χ0) is 15.1. The minimum atomic E-state index is 0.107. The van der Waals surface area contributed by atoms with Gasteiger partial charge in [-0.15, -0.1) is 0 Å². The first-order valence-corrected chi connectivity index (χ1v) is 8.76. The molecule has 0 unspecified atom stereocenters. The van der Waals surface area contributed by atoms with Gasteiger partial charge < -0.3 is 10.2 Å². The summed E-state index contributed by atoms with van der Waals surface area (Å²) in [6.07, 6.45) is 9.71. The predicted molar refractivity (Wildman–Crippen MR) is 83.8 cm³/mol. The van der Waals surface area contributed by atoms with Crippen LogP contribution in [0.15, 0.2) is 0 Å². The van der Waals surface area contributed by atoms with Crippen LogP contribution in [0.4, 0.5) is 0 Å². The van der Waals surface area contributed by atoms with Crippen molar-refractivity contribution in [3.8, 4) is 0 Å². The largest absolute Gasteiger partial charge is 0.356 e. The number of amides is 2. The fraction of sp³-hybridized carbons (Fsp3) is 0.882. The van der Waals surface area contributed by atoms with Crippen LogP contribution in [0.1, 0.15) is 64.7 Å². The van der Waals surface area contributed by atoms with Gasteiger partial charge in [0.25, 0.3) is 0 Å². The third-order valence-electron chi connectivity index (χ3n) is 5.01. The maximum Gasteiger partial charge on any atom is 0.223 e. The predicted octanol–water partition coefficient (Wildman–Crippen LogP) is 2.72. The van der Waals surface area contributed by atoms with Crippen molar-refractivity contribution in [3.63, 3.8) is 0 Å². The van der Waals surface area contributed by atoms with Gasteiger partial charge in [0.1, 0.15) is 0 Å². The fourth-order valence-corrected chi connectivity index (χ4v) is 3.57. The van der Waals surface area contributed by atoms with Gasteiger partial charge in [0.15, 0.2) is 0 Å². The van der Waals surface area contributed by atoms with E-state index in [0.29, 0.717) is 12.3 Å². The van der Waals surface area contributed by atoms with Crippen molar-refractivity contribution in [1.82, 2.24) is 10.2 Å². The molecule has 4 heteroatoms. The maximum atomic E-state index is 12.2. The van der Waals surface area contributed by atoms with Crippen LogP contribution < -0.4 is 5.32 Å². The summed E-state index contributed by atoms with van der Waals surface area (Å²) in [6.45, 7) is 4.34. The highest BCUT2D eigenvalue weighted by Gasteiger charge is 2.27. The molecule has 0 aromatic carbocycles. The van der Waals surface area contributed by atoms with Crippen LogP contribution >= 0.6 is 0 Å². The van der Waals surface area contributed by atoms with Gasteiger partial charge in [-0.25, -0.2) is 0 Å². The Labute approximate surface area is 128 Å². The van der Waals surface area contributed by atoms with Crippen molar-refractivity contribution in [2.24, 2.45) is 11.8 Å². The lowest BCUT2D eigenvalue weighted by Gasteiger charge is -2.31. The van der Waals surface area contributed by atoms with Gasteiger partial charge in [0, 0.05) is 32.0 Å². The third kappa shape index (κ3) is 5.01. The number of carbonyl (C=O) groups is 2. The first kappa shape index (κ1) is 16.3. The van der Waals surface area contributed by atoms with E-state index < -0.39 is 0 Å². The van der Waals surface area contributed by atoms with Crippen LogP contribution in [0.3, 0.4) is 0 Å². The molecule has 1 saturated heterocycles. The molecule has 4 nitrogen and oxygen atoms in total. The molecule has 120 valence electrons. The van der Waals surface area contributed by atoms with Crippen LogP contribution in [-0.2, 0) is 9.59 Å². The summed E-state index contributed by atoms with van der Waals surface area (Å²) >= 11 is 0. The molecule has 1 heterocycles. The Morgan fingerprint density at radius 3 is 2.38 bits per heavy atom. The number of nitrogens with zero attached hydrogens (tertiary/aromatic N) is 1. The standard InChI is InChI=1S/C17H30N2O2/c1-2-11-18-17(21)15-9-12-19(13-10-15)16(20)8-7-14-5-3-4-6-14/h14-15H,2-13H2,1H3,(H,18,21). The summed E-state index contributed by atoms with van der Waals surface area (Å²) in [5.41, 5.74) is 0. The summed E-state index contributed by atoms with van der Waals surface area (Å²) in [4.78, 5) is 26.1. The van der Waals surface area contributed by atoms with Gasteiger partial charge >= 0.3 is 0 Å². The molecule has 0 spiro atoms. The van der Waals surface area contributed by atoms with E-state index in [9.17, 15) is 9.59 Å². The Hall–Kier alpha value is -1.06. The summed E-state index contributed by atoms with van der Waals surface area (Å²) in [7, 11) is 0. The van der Waals surface area contributed by atoms with Gasteiger partial charge in [0.2, 0.25) is 11.8 Å². The summed E-state index contributed by atoms with van der Waals surface area (Å²) in [5, 5.41) is 2.97. The minimum absolute atomic E-state index is 0.107. The average Bonchev–Trinajstić information content (AvgIpc) is 3.04. The van der Waals surface area contributed by atoms with Gasteiger partial charge in [-0.1, -0.05) is 32.6 Å². The monoisotopic (exact) mass is 294 g/mol. The van der Waals surface area contributed by atoms with Crippen molar-refractivity contribution in [3.05, 3.63) is 0 Å². The number of rotatable bonds is 6.